The van der Waals surface area contributed by atoms with Gasteiger partial charge in [0, 0.05) is 18.6 Å². The molecule has 0 bridgehead atoms. The molecule has 0 aliphatic heterocycles. The molecule has 1 aromatic rings. The quantitative estimate of drug-likeness (QED) is 0.779. The summed E-state index contributed by atoms with van der Waals surface area (Å²) in [4.78, 5) is 0.100. The number of aromatic nitrogens is 1. The second-order valence-corrected chi connectivity index (χ2v) is 6.10. The largest absolute Gasteiger partial charge is 0.396 e. The van der Waals surface area contributed by atoms with Gasteiger partial charge in [0.25, 0.3) is 0 Å². The highest BCUT2D eigenvalue weighted by Gasteiger charge is 2.28. The van der Waals surface area contributed by atoms with E-state index in [4.69, 9.17) is 9.63 Å². The van der Waals surface area contributed by atoms with E-state index in [1.54, 1.807) is 19.9 Å². The van der Waals surface area contributed by atoms with Crippen LogP contribution in [0.1, 0.15) is 17.9 Å². The Hall–Kier alpha value is -1.18. The first kappa shape index (κ1) is 13.3. The molecule has 0 unspecified atom stereocenters. The van der Waals surface area contributed by atoms with Crippen LogP contribution in [0.15, 0.2) is 21.6 Å². The third-order valence-corrected chi connectivity index (χ3v) is 4.68. The molecular formula is C11H16N2O4S. The summed E-state index contributed by atoms with van der Waals surface area (Å²) in [5.41, 5.74) is 0.348. The molecule has 0 radical (unpaired) electrons. The van der Waals surface area contributed by atoms with Crippen LogP contribution in [0.25, 0.3) is 0 Å². The maximum atomic E-state index is 12.2. The minimum absolute atomic E-state index is 0.0161. The average molecular weight is 272 g/mol. The highest BCUT2D eigenvalue weighted by molar-refractivity contribution is 7.89. The van der Waals surface area contributed by atoms with Crippen LogP contribution in [0, 0.1) is 19.8 Å². The average Bonchev–Trinajstić information content (AvgIpc) is 2.85. The summed E-state index contributed by atoms with van der Waals surface area (Å²) in [5.74, 6) is 0.294. The predicted octanol–water partition coefficient (Wildman–Crippen LogP) is 0.507. The number of nitrogens with zero attached hydrogens (tertiary/aromatic N) is 1. The molecule has 1 aliphatic carbocycles. The fraction of sp³-hybridized carbons (Fsp3) is 0.545. The number of hydrogen-bond donors (Lipinski definition) is 2. The summed E-state index contributed by atoms with van der Waals surface area (Å²) in [6, 6.07) is -0.291. The van der Waals surface area contributed by atoms with Crippen molar-refractivity contribution in [3.63, 3.8) is 0 Å². The maximum absolute atomic E-state index is 12.2. The van der Waals surface area contributed by atoms with Crippen LogP contribution in [0.3, 0.4) is 0 Å². The molecule has 0 fully saturated rings. The topological polar surface area (TPSA) is 92.4 Å². The molecule has 100 valence electrons. The van der Waals surface area contributed by atoms with Gasteiger partial charge in [-0.2, -0.15) is 0 Å². The van der Waals surface area contributed by atoms with Crippen molar-refractivity contribution < 1.29 is 18.0 Å². The van der Waals surface area contributed by atoms with Crippen molar-refractivity contribution >= 4 is 10.0 Å². The van der Waals surface area contributed by atoms with Crippen LogP contribution in [0.5, 0.6) is 0 Å². The SMILES string of the molecule is Cc1noc(C)c1S(=O)(=O)N[C@@H]1C=C[C@H](CO)C1. The Morgan fingerprint density at radius 1 is 1.50 bits per heavy atom. The minimum atomic E-state index is -3.63. The van der Waals surface area contributed by atoms with Crippen LogP contribution in [0.2, 0.25) is 0 Å². The van der Waals surface area contributed by atoms with Crippen LogP contribution >= 0.6 is 0 Å². The molecule has 0 saturated carbocycles. The standard InChI is InChI=1S/C11H16N2O4S/c1-7-11(8(2)17-12-7)18(15,16)13-10-4-3-9(5-10)6-14/h3-4,9-10,13-14H,5-6H2,1-2H3/t9-,10+/m0/s1. The van der Waals surface area contributed by atoms with Gasteiger partial charge in [0.05, 0.1) is 0 Å². The summed E-state index contributed by atoms with van der Waals surface area (Å²) < 4.78 is 31.8. The molecule has 0 spiro atoms. The third kappa shape index (κ3) is 2.47. The Balaban J connectivity index is 2.17. The number of rotatable bonds is 4. The Morgan fingerprint density at radius 3 is 2.72 bits per heavy atom. The molecule has 7 heteroatoms. The van der Waals surface area contributed by atoms with Crippen molar-refractivity contribution in [1.82, 2.24) is 9.88 Å². The van der Waals surface area contributed by atoms with E-state index < -0.39 is 10.0 Å². The van der Waals surface area contributed by atoms with Gasteiger partial charge in [-0.3, -0.25) is 0 Å². The zero-order valence-corrected chi connectivity index (χ0v) is 11.1. The number of sulfonamides is 1. The monoisotopic (exact) mass is 272 g/mol. The van der Waals surface area contributed by atoms with E-state index in [0.717, 1.165) is 0 Å². The van der Waals surface area contributed by atoms with Crippen molar-refractivity contribution in [1.29, 1.82) is 0 Å². The van der Waals surface area contributed by atoms with E-state index in [1.165, 1.54) is 0 Å². The molecule has 0 aromatic carbocycles. The summed E-state index contributed by atoms with van der Waals surface area (Å²) in [5, 5.41) is 12.6. The van der Waals surface area contributed by atoms with E-state index in [2.05, 4.69) is 9.88 Å². The zero-order chi connectivity index (χ0) is 13.3. The van der Waals surface area contributed by atoms with Crippen molar-refractivity contribution in [3.05, 3.63) is 23.6 Å². The van der Waals surface area contributed by atoms with Gasteiger partial charge >= 0.3 is 0 Å². The Bertz CT molecular complexity index is 542. The predicted molar refractivity (Wildman–Crippen MR) is 64.4 cm³/mol. The van der Waals surface area contributed by atoms with Crippen LogP contribution in [-0.4, -0.2) is 31.3 Å². The first-order chi connectivity index (χ1) is 8.44. The lowest BCUT2D eigenvalue weighted by atomic mass is 10.1. The summed E-state index contributed by atoms with van der Waals surface area (Å²) in [6.45, 7) is 3.18. The lowest BCUT2D eigenvalue weighted by molar-refractivity contribution is 0.248. The fourth-order valence-electron chi connectivity index (χ4n) is 2.11. The van der Waals surface area contributed by atoms with Crippen molar-refractivity contribution in [2.75, 3.05) is 6.61 Å². The fourth-order valence-corrected chi connectivity index (χ4v) is 3.65. The maximum Gasteiger partial charge on any atom is 0.246 e. The van der Waals surface area contributed by atoms with E-state index in [9.17, 15) is 8.42 Å². The molecule has 1 heterocycles. The van der Waals surface area contributed by atoms with Gasteiger partial charge in [-0.1, -0.05) is 17.3 Å². The molecule has 2 rings (SSSR count). The zero-order valence-electron chi connectivity index (χ0n) is 10.3. The Kier molecular flexibility index (Phi) is 3.56. The Labute approximate surface area is 106 Å². The molecule has 6 nitrogen and oxygen atoms in total. The van der Waals surface area contributed by atoms with Crippen molar-refractivity contribution in [2.45, 2.75) is 31.2 Å². The smallest absolute Gasteiger partial charge is 0.246 e. The van der Waals surface area contributed by atoms with Gasteiger partial charge < -0.3 is 9.63 Å². The molecule has 2 atom stereocenters. The third-order valence-electron chi connectivity index (χ3n) is 2.95. The first-order valence-electron chi connectivity index (χ1n) is 5.68. The van der Waals surface area contributed by atoms with Gasteiger partial charge in [0.1, 0.15) is 10.6 Å². The van der Waals surface area contributed by atoms with Gasteiger partial charge in [-0.15, -0.1) is 0 Å². The van der Waals surface area contributed by atoms with E-state index in [-0.39, 0.29) is 29.2 Å². The lowest BCUT2D eigenvalue weighted by Gasteiger charge is -2.12. The van der Waals surface area contributed by atoms with Crippen LogP contribution in [0.4, 0.5) is 0 Å². The van der Waals surface area contributed by atoms with Gasteiger partial charge in [-0.05, 0) is 20.3 Å². The van der Waals surface area contributed by atoms with Gasteiger partial charge in [0.2, 0.25) is 10.0 Å². The first-order valence-corrected chi connectivity index (χ1v) is 7.16. The molecule has 0 saturated heterocycles. The van der Waals surface area contributed by atoms with E-state index >= 15 is 0 Å². The molecule has 2 N–H and O–H groups in total. The van der Waals surface area contributed by atoms with E-state index in [1.807, 2.05) is 6.08 Å². The lowest BCUT2D eigenvalue weighted by Crippen LogP contribution is -2.33. The molecule has 1 aromatic heterocycles. The second kappa shape index (κ2) is 4.83. The number of hydrogen-bond acceptors (Lipinski definition) is 5. The van der Waals surface area contributed by atoms with Crippen LogP contribution < -0.4 is 4.72 Å². The summed E-state index contributed by atoms with van der Waals surface area (Å²) in [7, 11) is -3.63. The number of aliphatic hydroxyl groups is 1. The Morgan fingerprint density at radius 2 is 2.22 bits per heavy atom. The van der Waals surface area contributed by atoms with Crippen molar-refractivity contribution in [3.8, 4) is 0 Å². The van der Waals surface area contributed by atoms with Crippen molar-refractivity contribution in [2.24, 2.45) is 5.92 Å². The highest BCUT2D eigenvalue weighted by Crippen LogP contribution is 2.22. The number of nitrogens with one attached hydrogen (secondary N) is 1. The van der Waals surface area contributed by atoms with E-state index in [0.29, 0.717) is 12.1 Å². The molecule has 1 aliphatic rings. The number of aryl methyl sites for hydroxylation is 2. The number of aliphatic hydroxyl groups excluding tert-OH is 1. The van der Waals surface area contributed by atoms with Gasteiger partial charge in [-0.25, -0.2) is 13.1 Å². The molecular weight excluding hydrogens is 256 g/mol. The molecule has 0 amide bonds. The summed E-state index contributed by atoms with van der Waals surface area (Å²) in [6.07, 6.45) is 4.15. The van der Waals surface area contributed by atoms with Crippen LogP contribution in [-0.2, 0) is 10.0 Å². The molecule has 18 heavy (non-hydrogen) atoms. The highest BCUT2D eigenvalue weighted by atomic mass is 32.2. The normalized spacial score (nSPS) is 23.7. The second-order valence-electron chi connectivity index (χ2n) is 4.44. The van der Waals surface area contributed by atoms with Gasteiger partial charge in [0.15, 0.2) is 5.76 Å². The minimum Gasteiger partial charge on any atom is -0.396 e. The summed E-state index contributed by atoms with van der Waals surface area (Å²) >= 11 is 0.